The number of hydrogen-bond acceptors (Lipinski definition) is 5. The first kappa shape index (κ1) is 12.5. The van der Waals surface area contributed by atoms with Crippen molar-refractivity contribution in [3.63, 3.8) is 0 Å². The smallest absolute Gasteiger partial charge is 0.327 e. The van der Waals surface area contributed by atoms with E-state index in [1.165, 1.54) is 0 Å². The number of carboxylic acid groups (broad SMARTS) is 1. The van der Waals surface area contributed by atoms with E-state index in [0.717, 1.165) is 31.1 Å². The van der Waals surface area contributed by atoms with Gasteiger partial charge in [-0.15, -0.1) is 11.3 Å². The lowest BCUT2D eigenvalue weighted by atomic mass is 10.0. The number of carboxylic acids is 1. The van der Waals surface area contributed by atoms with Crippen molar-refractivity contribution in [1.82, 2.24) is 10.3 Å². The third-order valence-corrected chi connectivity index (χ3v) is 3.97. The van der Waals surface area contributed by atoms with Gasteiger partial charge < -0.3 is 15.2 Å². The topological polar surface area (TPSA) is 71.5 Å². The van der Waals surface area contributed by atoms with E-state index in [1.807, 2.05) is 5.38 Å². The summed E-state index contributed by atoms with van der Waals surface area (Å²) in [7, 11) is 1.63. The van der Waals surface area contributed by atoms with E-state index in [4.69, 9.17) is 9.84 Å². The van der Waals surface area contributed by atoms with E-state index in [-0.39, 0.29) is 0 Å². The Balaban J connectivity index is 2.11. The molecule has 1 fully saturated rings. The van der Waals surface area contributed by atoms with E-state index >= 15 is 0 Å². The molecule has 1 aromatic rings. The number of aromatic nitrogens is 1. The summed E-state index contributed by atoms with van der Waals surface area (Å²) < 4.78 is 5.31. The first-order valence-electron chi connectivity index (χ1n) is 5.65. The zero-order chi connectivity index (χ0) is 12.3. The van der Waals surface area contributed by atoms with Crippen molar-refractivity contribution in [1.29, 1.82) is 0 Å². The lowest BCUT2D eigenvalue weighted by molar-refractivity contribution is -0.139. The van der Waals surface area contributed by atoms with Gasteiger partial charge in [0.1, 0.15) is 6.04 Å². The Hall–Kier alpha value is -0.980. The number of nitrogens with zero attached hydrogens (tertiary/aromatic N) is 1. The van der Waals surface area contributed by atoms with Gasteiger partial charge in [0.2, 0.25) is 0 Å². The average molecular weight is 256 g/mol. The molecule has 0 aliphatic carbocycles. The molecule has 2 heterocycles. The molecule has 1 aliphatic rings. The standard InChI is InChI=1S/C11H16N2O3S/c1-12-9(11(14)15)8-6-17-10(13-8)7-2-4-16-5-3-7/h6-7,9,12H,2-5H2,1H3,(H,14,15). The van der Waals surface area contributed by atoms with E-state index in [1.54, 1.807) is 18.4 Å². The molecule has 0 spiro atoms. The van der Waals surface area contributed by atoms with Crippen LogP contribution in [0.5, 0.6) is 0 Å². The Kier molecular flexibility index (Phi) is 4.09. The molecule has 0 amide bonds. The van der Waals surface area contributed by atoms with Gasteiger partial charge in [-0.2, -0.15) is 0 Å². The van der Waals surface area contributed by atoms with Gasteiger partial charge in [-0.1, -0.05) is 0 Å². The van der Waals surface area contributed by atoms with Crippen LogP contribution in [0.25, 0.3) is 0 Å². The summed E-state index contributed by atoms with van der Waals surface area (Å²) in [6, 6.07) is -0.708. The fourth-order valence-corrected chi connectivity index (χ4v) is 2.98. The number of likely N-dealkylation sites (N-methyl/N-ethyl adjacent to an activating group) is 1. The van der Waals surface area contributed by atoms with Crippen molar-refractivity contribution in [2.45, 2.75) is 24.8 Å². The molecular weight excluding hydrogens is 240 g/mol. The second-order valence-corrected chi connectivity index (χ2v) is 4.95. The minimum absolute atomic E-state index is 0.425. The van der Waals surface area contributed by atoms with E-state index in [9.17, 15) is 4.79 Å². The number of thiazole rings is 1. The van der Waals surface area contributed by atoms with Gasteiger partial charge in [-0.05, 0) is 19.9 Å². The molecular formula is C11H16N2O3S. The zero-order valence-corrected chi connectivity index (χ0v) is 10.5. The predicted octanol–water partition coefficient (Wildman–Crippen LogP) is 1.38. The van der Waals surface area contributed by atoms with Crippen molar-refractivity contribution < 1.29 is 14.6 Å². The average Bonchev–Trinajstić information content (AvgIpc) is 2.80. The van der Waals surface area contributed by atoms with Crippen LogP contribution in [0.2, 0.25) is 0 Å². The summed E-state index contributed by atoms with van der Waals surface area (Å²) in [5.74, 6) is -0.467. The van der Waals surface area contributed by atoms with Crippen LogP contribution in [-0.2, 0) is 9.53 Å². The van der Waals surface area contributed by atoms with Crippen LogP contribution >= 0.6 is 11.3 Å². The van der Waals surface area contributed by atoms with Crippen molar-refractivity contribution in [3.8, 4) is 0 Å². The third-order valence-electron chi connectivity index (χ3n) is 2.94. The van der Waals surface area contributed by atoms with Crippen molar-refractivity contribution >= 4 is 17.3 Å². The minimum Gasteiger partial charge on any atom is -0.480 e. The highest BCUT2D eigenvalue weighted by molar-refractivity contribution is 7.09. The van der Waals surface area contributed by atoms with Crippen molar-refractivity contribution in [2.75, 3.05) is 20.3 Å². The molecule has 1 unspecified atom stereocenters. The molecule has 5 nitrogen and oxygen atoms in total. The maximum atomic E-state index is 11.0. The van der Waals surface area contributed by atoms with Gasteiger partial charge in [-0.3, -0.25) is 4.79 Å². The molecule has 2 N–H and O–H groups in total. The largest absolute Gasteiger partial charge is 0.480 e. The summed E-state index contributed by atoms with van der Waals surface area (Å²) in [6.45, 7) is 1.54. The molecule has 1 atom stereocenters. The predicted molar refractivity (Wildman–Crippen MR) is 64.3 cm³/mol. The number of ether oxygens (including phenoxy) is 1. The lowest BCUT2D eigenvalue weighted by Crippen LogP contribution is -2.25. The number of carbonyl (C=O) groups is 1. The maximum Gasteiger partial charge on any atom is 0.327 e. The highest BCUT2D eigenvalue weighted by Gasteiger charge is 2.24. The van der Waals surface area contributed by atoms with Crippen LogP contribution in [-0.4, -0.2) is 36.3 Å². The number of rotatable bonds is 4. The first-order chi connectivity index (χ1) is 8.22. The number of hydrogen-bond donors (Lipinski definition) is 2. The Morgan fingerprint density at radius 3 is 2.94 bits per heavy atom. The quantitative estimate of drug-likeness (QED) is 0.851. The molecule has 2 rings (SSSR count). The molecule has 0 aromatic carbocycles. The van der Waals surface area contributed by atoms with Crippen molar-refractivity contribution in [2.24, 2.45) is 0 Å². The van der Waals surface area contributed by atoms with Gasteiger partial charge >= 0.3 is 5.97 Å². The van der Waals surface area contributed by atoms with Crippen LogP contribution < -0.4 is 5.32 Å². The second kappa shape index (κ2) is 5.57. The van der Waals surface area contributed by atoms with E-state index < -0.39 is 12.0 Å². The van der Waals surface area contributed by atoms with Crippen molar-refractivity contribution in [3.05, 3.63) is 16.1 Å². The Morgan fingerprint density at radius 1 is 1.65 bits per heavy atom. The van der Waals surface area contributed by atoms with E-state index in [0.29, 0.717) is 11.6 Å². The number of nitrogens with one attached hydrogen (secondary N) is 1. The minimum atomic E-state index is -0.892. The van der Waals surface area contributed by atoms with Crippen LogP contribution in [0.4, 0.5) is 0 Å². The molecule has 0 radical (unpaired) electrons. The normalized spacial score (nSPS) is 19.1. The molecule has 94 valence electrons. The van der Waals surface area contributed by atoms with Gasteiger partial charge in [0.05, 0.1) is 10.7 Å². The molecule has 1 saturated heterocycles. The van der Waals surface area contributed by atoms with Crippen LogP contribution in [0, 0.1) is 0 Å². The Morgan fingerprint density at radius 2 is 2.35 bits per heavy atom. The summed E-state index contributed by atoms with van der Waals surface area (Å²) in [6.07, 6.45) is 1.95. The summed E-state index contributed by atoms with van der Waals surface area (Å²) in [5, 5.41) is 14.6. The summed E-state index contributed by atoms with van der Waals surface area (Å²) in [4.78, 5) is 15.4. The summed E-state index contributed by atoms with van der Waals surface area (Å²) in [5.41, 5.74) is 0.603. The molecule has 1 aromatic heterocycles. The highest BCUT2D eigenvalue weighted by Crippen LogP contribution is 2.30. The van der Waals surface area contributed by atoms with Crippen LogP contribution in [0.1, 0.15) is 35.5 Å². The molecule has 0 bridgehead atoms. The van der Waals surface area contributed by atoms with Crippen LogP contribution in [0.3, 0.4) is 0 Å². The highest BCUT2D eigenvalue weighted by atomic mass is 32.1. The van der Waals surface area contributed by atoms with Gasteiger partial charge in [0.25, 0.3) is 0 Å². The Bertz CT molecular complexity index is 388. The molecule has 1 aliphatic heterocycles. The fraction of sp³-hybridized carbons (Fsp3) is 0.636. The molecule has 0 saturated carbocycles. The molecule has 6 heteroatoms. The number of aliphatic carboxylic acids is 1. The van der Waals surface area contributed by atoms with Crippen LogP contribution in [0.15, 0.2) is 5.38 Å². The molecule has 17 heavy (non-hydrogen) atoms. The van der Waals surface area contributed by atoms with E-state index in [2.05, 4.69) is 10.3 Å². The maximum absolute atomic E-state index is 11.0. The zero-order valence-electron chi connectivity index (χ0n) is 9.68. The first-order valence-corrected chi connectivity index (χ1v) is 6.53. The second-order valence-electron chi connectivity index (χ2n) is 4.06. The monoisotopic (exact) mass is 256 g/mol. The summed E-state index contributed by atoms with van der Waals surface area (Å²) >= 11 is 1.55. The SMILES string of the molecule is CNC(C(=O)O)c1csc(C2CCOCC2)n1. The van der Waals surface area contributed by atoms with Gasteiger partial charge in [0.15, 0.2) is 0 Å². The fourth-order valence-electron chi connectivity index (χ4n) is 1.96. The lowest BCUT2D eigenvalue weighted by Gasteiger charge is -2.19. The van der Waals surface area contributed by atoms with Gasteiger partial charge in [-0.25, -0.2) is 4.98 Å². The third kappa shape index (κ3) is 2.83. The van der Waals surface area contributed by atoms with Gasteiger partial charge in [0, 0.05) is 24.5 Å². The Labute approximate surface area is 104 Å².